The molecule has 0 spiro atoms. The Morgan fingerprint density at radius 3 is 2.27 bits per heavy atom. The highest BCUT2D eigenvalue weighted by Crippen LogP contribution is 2.31. The number of phenolic OH excluding ortho intramolecular Hbond substituents is 1. The molecule has 0 aromatic heterocycles. The summed E-state index contributed by atoms with van der Waals surface area (Å²) in [6.45, 7) is 5.97. The number of halogens is 2. The number of hydrogen-bond acceptors (Lipinski definition) is 2. The zero-order valence-electron chi connectivity index (χ0n) is 9.12. The molecule has 2 nitrogen and oxygen atoms in total. The normalized spacial score (nSPS) is 13.1. The van der Waals surface area contributed by atoms with Crippen molar-refractivity contribution >= 4 is 12.4 Å². The lowest BCUT2D eigenvalue weighted by molar-refractivity contribution is 0.325. The highest BCUT2D eigenvalue weighted by Gasteiger charge is 2.22. The van der Waals surface area contributed by atoms with Crippen LogP contribution in [0, 0.1) is 11.2 Å². The summed E-state index contributed by atoms with van der Waals surface area (Å²) in [6.07, 6.45) is 0. The zero-order chi connectivity index (χ0) is 10.9. The highest BCUT2D eigenvalue weighted by atomic mass is 35.5. The van der Waals surface area contributed by atoms with Crippen LogP contribution < -0.4 is 5.73 Å². The van der Waals surface area contributed by atoms with Gasteiger partial charge in [0.25, 0.3) is 0 Å². The largest absolute Gasteiger partial charge is 0.505 e. The van der Waals surface area contributed by atoms with E-state index >= 15 is 0 Å². The van der Waals surface area contributed by atoms with Crippen LogP contribution in [0.1, 0.15) is 32.4 Å². The number of aromatic hydroxyl groups is 1. The zero-order valence-corrected chi connectivity index (χ0v) is 9.94. The van der Waals surface area contributed by atoms with Crippen molar-refractivity contribution in [2.24, 2.45) is 11.1 Å². The van der Waals surface area contributed by atoms with Gasteiger partial charge in [0, 0.05) is 6.04 Å². The molecule has 0 saturated heterocycles. The van der Waals surface area contributed by atoms with E-state index in [1.165, 1.54) is 12.1 Å². The van der Waals surface area contributed by atoms with Crippen LogP contribution >= 0.6 is 12.4 Å². The van der Waals surface area contributed by atoms with Crippen LogP contribution in [0.2, 0.25) is 0 Å². The number of rotatable bonds is 1. The topological polar surface area (TPSA) is 46.2 Å². The third-order valence-electron chi connectivity index (χ3n) is 2.26. The maximum atomic E-state index is 13.0. The van der Waals surface area contributed by atoms with Gasteiger partial charge in [0.2, 0.25) is 0 Å². The van der Waals surface area contributed by atoms with Gasteiger partial charge in [-0.2, -0.15) is 0 Å². The maximum absolute atomic E-state index is 13.0. The van der Waals surface area contributed by atoms with Crippen LogP contribution in [0.25, 0.3) is 0 Å². The fourth-order valence-corrected chi connectivity index (χ4v) is 1.22. The van der Waals surface area contributed by atoms with E-state index < -0.39 is 5.82 Å². The Morgan fingerprint density at radius 1 is 1.33 bits per heavy atom. The minimum absolute atomic E-state index is 0. The first-order chi connectivity index (χ1) is 6.32. The molecule has 1 atom stereocenters. The highest BCUT2D eigenvalue weighted by molar-refractivity contribution is 5.85. The number of benzene rings is 1. The third-order valence-corrected chi connectivity index (χ3v) is 2.26. The van der Waals surface area contributed by atoms with Crippen LogP contribution in [0.3, 0.4) is 0 Å². The minimum atomic E-state index is -0.623. The summed E-state index contributed by atoms with van der Waals surface area (Å²) in [7, 11) is 0. The van der Waals surface area contributed by atoms with Crippen LogP contribution in [-0.2, 0) is 0 Å². The summed E-state index contributed by atoms with van der Waals surface area (Å²) in [5.74, 6) is -0.961. The van der Waals surface area contributed by atoms with Crippen molar-refractivity contribution in [3.63, 3.8) is 0 Å². The van der Waals surface area contributed by atoms with E-state index in [-0.39, 0.29) is 29.6 Å². The lowest BCUT2D eigenvalue weighted by Crippen LogP contribution is -2.26. The molecule has 0 fully saturated rings. The second kappa shape index (κ2) is 4.81. The molecule has 0 amide bonds. The molecule has 3 N–H and O–H groups in total. The molecule has 0 saturated carbocycles. The SMILES string of the molecule is CC(C)(C)[C@@H](N)c1ccc(O)c(F)c1.Cl. The molecule has 1 rings (SSSR count). The molecule has 4 heteroatoms. The maximum Gasteiger partial charge on any atom is 0.165 e. The molecule has 1 aromatic carbocycles. The molecular weight excluding hydrogens is 217 g/mol. The third kappa shape index (κ3) is 3.36. The number of nitrogens with two attached hydrogens (primary N) is 1. The number of phenols is 1. The van der Waals surface area contributed by atoms with Crippen molar-refractivity contribution in [1.82, 2.24) is 0 Å². The smallest absolute Gasteiger partial charge is 0.165 e. The van der Waals surface area contributed by atoms with E-state index in [0.29, 0.717) is 5.56 Å². The molecule has 0 aliphatic carbocycles. The summed E-state index contributed by atoms with van der Waals surface area (Å²) in [5.41, 5.74) is 6.52. The minimum Gasteiger partial charge on any atom is -0.505 e. The summed E-state index contributed by atoms with van der Waals surface area (Å²) in [5, 5.41) is 9.01. The average molecular weight is 234 g/mol. The monoisotopic (exact) mass is 233 g/mol. The van der Waals surface area contributed by atoms with Gasteiger partial charge in [0.1, 0.15) is 0 Å². The first-order valence-electron chi connectivity index (χ1n) is 4.56. The van der Waals surface area contributed by atoms with Crippen molar-refractivity contribution < 1.29 is 9.50 Å². The summed E-state index contributed by atoms with van der Waals surface area (Å²) >= 11 is 0. The van der Waals surface area contributed by atoms with E-state index in [9.17, 15) is 4.39 Å². The lowest BCUT2D eigenvalue weighted by Gasteiger charge is -2.27. The van der Waals surface area contributed by atoms with Gasteiger partial charge in [0.05, 0.1) is 0 Å². The van der Waals surface area contributed by atoms with Crippen LogP contribution in [0.15, 0.2) is 18.2 Å². The van der Waals surface area contributed by atoms with E-state index in [2.05, 4.69) is 0 Å². The van der Waals surface area contributed by atoms with Gasteiger partial charge in [-0.25, -0.2) is 4.39 Å². The molecule has 0 aliphatic heterocycles. The summed E-state index contributed by atoms with van der Waals surface area (Å²) in [6, 6.07) is 4.02. The quantitative estimate of drug-likeness (QED) is 0.783. The molecule has 0 radical (unpaired) electrons. The van der Waals surface area contributed by atoms with E-state index in [4.69, 9.17) is 10.8 Å². The fraction of sp³-hybridized carbons (Fsp3) is 0.455. The molecular formula is C11H17ClFNO. The van der Waals surface area contributed by atoms with Crippen LogP contribution in [-0.4, -0.2) is 5.11 Å². The van der Waals surface area contributed by atoms with Gasteiger partial charge in [-0.3, -0.25) is 0 Å². The predicted molar refractivity (Wildman–Crippen MR) is 61.7 cm³/mol. The van der Waals surface area contributed by atoms with Crippen molar-refractivity contribution in [1.29, 1.82) is 0 Å². The standard InChI is InChI=1S/C11H16FNO.ClH/c1-11(2,3)10(13)7-4-5-9(14)8(12)6-7;/h4-6,10,14H,13H2,1-3H3;1H/t10-;/m0./s1. The Labute approximate surface area is 95.7 Å². The van der Waals surface area contributed by atoms with Crippen LogP contribution in [0.4, 0.5) is 4.39 Å². The van der Waals surface area contributed by atoms with Gasteiger partial charge in [-0.1, -0.05) is 26.8 Å². The Balaban J connectivity index is 0.00000196. The Hall–Kier alpha value is -0.800. The van der Waals surface area contributed by atoms with Crippen molar-refractivity contribution in [2.45, 2.75) is 26.8 Å². The molecule has 15 heavy (non-hydrogen) atoms. The van der Waals surface area contributed by atoms with Gasteiger partial charge >= 0.3 is 0 Å². The van der Waals surface area contributed by atoms with E-state index in [1.807, 2.05) is 20.8 Å². The van der Waals surface area contributed by atoms with Gasteiger partial charge in [0.15, 0.2) is 11.6 Å². The number of hydrogen-bond donors (Lipinski definition) is 2. The summed E-state index contributed by atoms with van der Waals surface area (Å²) in [4.78, 5) is 0. The molecule has 0 heterocycles. The summed E-state index contributed by atoms with van der Waals surface area (Å²) < 4.78 is 13.0. The van der Waals surface area contributed by atoms with Crippen molar-refractivity contribution in [3.05, 3.63) is 29.6 Å². The molecule has 0 bridgehead atoms. The molecule has 86 valence electrons. The van der Waals surface area contributed by atoms with Crippen molar-refractivity contribution in [3.8, 4) is 5.75 Å². The second-order valence-corrected chi connectivity index (χ2v) is 4.55. The second-order valence-electron chi connectivity index (χ2n) is 4.55. The van der Waals surface area contributed by atoms with Gasteiger partial charge in [-0.05, 0) is 23.1 Å². The average Bonchev–Trinajstić information content (AvgIpc) is 2.07. The van der Waals surface area contributed by atoms with Crippen LogP contribution in [0.5, 0.6) is 5.75 Å². The molecule has 0 aliphatic rings. The molecule has 0 unspecified atom stereocenters. The Kier molecular flexibility index (Phi) is 4.56. The van der Waals surface area contributed by atoms with Crippen molar-refractivity contribution in [2.75, 3.05) is 0 Å². The Bertz CT molecular complexity index is 336. The predicted octanol–water partition coefficient (Wildman–Crippen LogP) is 3.00. The lowest BCUT2D eigenvalue weighted by atomic mass is 9.83. The first kappa shape index (κ1) is 14.2. The van der Waals surface area contributed by atoms with Gasteiger partial charge in [-0.15, -0.1) is 12.4 Å². The Morgan fingerprint density at radius 2 is 1.87 bits per heavy atom. The molecule has 1 aromatic rings. The first-order valence-corrected chi connectivity index (χ1v) is 4.56. The van der Waals surface area contributed by atoms with E-state index in [0.717, 1.165) is 0 Å². The van der Waals surface area contributed by atoms with Gasteiger partial charge < -0.3 is 10.8 Å². The van der Waals surface area contributed by atoms with E-state index in [1.54, 1.807) is 6.07 Å². The fourth-order valence-electron chi connectivity index (χ4n) is 1.22.